The fraction of sp³-hybridized carbons (Fsp3) is 0.385. The number of phenols is 1. The number of ether oxygens (including phenoxy) is 1. The summed E-state index contributed by atoms with van der Waals surface area (Å²) in [6.45, 7) is 4.27. The summed E-state index contributed by atoms with van der Waals surface area (Å²) < 4.78 is 10.3. The van der Waals surface area contributed by atoms with Crippen LogP contribution >= 0.6 is 0 Å². The van der Waals surface area contributed by atoms with Gasteiger partial charge in [0.15, 0.2) is 11.5 Å². The molecule has 0 aliphatic rings. The zero-order valence-corrected chi connectivity index (χ0v) is 11.2. The highest BCUT2D eigenvalue weighted by Crippen LogP contribution is 2.31. The number of rotatable bonds is 4. The summed E-state index contributed by atoms with van der Waals surface area (Å²) in [4.78, 5) is 4.33. The summed E-state index contributed by atoms with van der Waals surface area (Å²) in [7, 11) is 1.48. The topological polar surface area (TPSA) is 94.4 Å². The van der Waals surface area contributed by atoms with E-state index < -0.39 is 0 Å². The third kappa shape index (κ3) is 2.53. The Hall–Kier alpha value is -2.08. The minimum atomic E-state index is -0.369. The van der Waals surface area contributed by atoms with Crippen LogP contribution in [0.1, 0.15) is 19.7 Å². The smallest absolute Gasteiger partial charge is 0.233 e. The summed E-state index contributed by atoms with van der Waals surface area (Å²) in [5.41, 5.74) is 6.01. The van der Waals surface area contributed by atoms with Gasteiger partial charge in [0.2, 0.25) is 11.7 Å². The van der Waals surface area contributed by atoms with Crippen LogP contribution in [0.2, 0.25) is 0 Å². The monoisotopic (exact) mass is 263 g/mol. The largest absolute Gasteiger partial charge is 0.504 e. The van der Waals surface area contributed by atoms with Gasteiger partial charge in [-0.25, -0.2) is 0 Å². The number of aromatic nitrogens is 2. The summed E-state index contributed by atoms with van der Waals surface area (Å²) in [5, 5.41) is 13.5. The van der Waals surface area contributed by atoms with E-state index in [2.05, 4.69) is 10.1 Å². The molecule has 0 atom stereocenters. The van der Waals surface area contributed by atoms with Crippen LogP contribution < -0.4 is 10.5 Å². The molecule has 102 valence electrons. The van der Waals surface area contributed by atoms with Crippen molar-refractivity contribution >= 4 is 0 Å². The van der Waals surface area contributed by atoms with Crippen LogP contribution in [0.5, 0.6) is 11.5 Å². The van der Waals surface area contributed by atoms with E-state index >= 15 is 0 Å². The average Bonchev–Trinajstić information content (AvgIpc) is 2.89. The van der Waals surface area contributed by atoms with Crippen molar-refractivity contribution in [2.45, 2.75) is 19.3 Å². The van der Waals surface area contributed by atoms with Crippen LogP contribution in [0.4, 0.5) is 0 Å². The molecule has 2 aromatic rings. The van der Waals surface area contributed by atoms with Crippen molar-refractivity contribution in [1.82, 2.24) is 10.1 Å². The normalized spacial score (nSPS) is 11.6. The second-order valence-corrected chi connectivity index (χ2v) is 4.90. The molecule has 3 N–H and O–H groups in total. The molecular formula is C13H17N3O3. The molecule has 0 aliphatic heterocycles. The zero-order chi connectivity index (χ0) is 14.0. The van der Waals surface area contributed by atoms with Gasteiger partial charge in [0.25, 0.3) is 0 Å². The first-order valence-corrected chi connectivity index (χ1v) is 5.89. The third-order valence-corrected chi connectivity index (χ3v) is 2.95. The van der Waals surface area contributed by atoms with E-state index in [1.165, 1.54) is 13.2 Å². The Bertz CT molecular complexity index is 578. The molecule has 0 saturated heterocycles. The van der Waals surface area contributed by atoms with Crippen molar-refractivity contribution in [3.05, 3.63) is 24.1 Å². The van der Waals surface area contributed by atoms with Crippen molar-refractivity contribution in [3.63, 3.8) is 0 Å². The molecule has 0 bridgehead atoms. The fourth-order valence-electron chi connectivity index (χ4n) is 1.52. The van der Waals surface area contributed by atoms with Crippen LogP contribution in [0.25, 0.3) is 11.4 Å². The maximum Gasteiger partial charge on any atom is 0.233 e. The first kappa shape index (κ1) is 13.4. The fourth-order valence-corrected chi connectivity index (χ4v) is 1.52. The second kappa shape index (κ2) is 4.89. The summed E-state index contributed by atoms with van der Waals surface area (Å²) in [6, 6.07) is 4.87. The van der Waals surface area contributed by atoms with Gasteiger partial charge in [-0.15, -0.1) is 0 Å². The standard InChI is InChI=1S/C13H17N3O3/c1-13(2,7-14)12-15-11(16-19-12)8-4-5-9(17)10(6-8)18-3/h4-6,17H,7,14H2,1-3H3. The van der Waals surface area contributed by atoms with Crippen LogP contribution in [0.3, 0.4) is 0 Å². The summed E-state index contributed by atoms with van der Waals surface area (Å²) in [6.07, 6.45) is 0. The minimum Gasteiger partial charge on any atom is -0.504 e. The Kier molecular flexibility index (Phi) is 3.44. The molecule has 0 radical (unpaired) electrons. The van der Waals surface area contributed by atoms with Crippen molar-refractivity contribution < 1.29 is 14.4 Å². The Labute approximate surface area is 111 Å². The highest BCUT2D eigenvalue weighted by molar-refractivity contribution is 5.60. The second-order valence-electron chi connectivity index (χ2n) is 4.90. The van der Waals surface area contributed by atoms with Gasteiger partial charge in [-0.05, 0) is 32.0 Å². The lowest BCUT2D eigenvalue weighted by atomic mass is 9.94. The number of methoxy groups -OCH3 is 1. The Morgan fingerprint density at radius 2 is 2.16 bits per heavy atom. The van der Waals surface area contributed by atoms with Gasteiger partial charge in [0, 0.05) is 12.1 Å². The average molecular weight is 263 g/mol. The molecule has 0 spiro atoms. The van der Waals surface area contributed by atoms with Crippen molar-refractivity contribution in [1.29, 1.82) is 0 Å². The predicted molar refractivity (Wildman–Crippen MR) is 70.0 cm³/mol. The number of nitrogens with zero attached hydrogens (tertiary/aromatic N) is 2. The van der Waals surface area contributed by atoms with E-state index in [0.29, 0.717) is 29.6 Å². The number of hydrogen-bond donors (Lipinski definition) is 2. The number of hydrogen-bond acceptors (Lipinski definition) is 6. The lowest BCUT2D eigenvalue weighted by molar-refractivity contribution is 0.311. The lowest BCUT2D eigenvalue weighted by Gasteiger charge is -2.15. The quantitative estimate of drug-likeness (QED) is 0.871. The molecule has 0 amide bonds. The van der Waals surface area contributed by atoms with Crippen molar-refractivity contribution in [2.75, 3.05) is 13.7 Å². The first-order chi connectivity index (χ1) is 8.97. The maximum atomic E-state index is 9.55. The van der Waals surface area contributed by atoms with Crippen LogP contribution in [-0.2, 0) is 5.41 Å². The van der Waals surface area contributed by atoms with Gasteiger partial charge in [0.1, 0.15) is 0 Å². The van der Waals surface area contributed by atoms with E-state index in [4.69, 9.17) is 15.0 Å². The molecule has 0 unspecified atom stereocenters. The molecule has 0 fully saturated rings. The van der Waals surface area contributed by atoms with Gasteiger partial charge in [-0.2, -0.15) is 4.98 Å². The van der Waals surface area contributed by atoms with Gasteiger partial charge < -0.3 is 20.1 Å². The van der Waals surface area contributed by atoms with Crippen LogP contribution in [0.15, 0.2) is 22.7 Å². The van der Waals surface area contributed by atoms with E-state index in [1.807, 2.05) is 13.8 Å². The highest BCUT2D eigenvalue weighted by atomic mass is 16.5. The highest BCUT2D eigenvalue weighted by Gasteiger charge is 2.26. The molecule has 0 saturated carbocycles. The SMILES string of the molecule is COc1cc(-c2noc(C(C)(C)CN)n2)ccc1O. The lowest BCUT2D eigenvalue weighted by Crippen LogP contribution is -2.28. The Morgan fingerprint density at radius 1 is 1.42 bits per heavy atom. The van der Waals surface area contributed by atoms with E-state index in [-0.39, 0.29) is 11.2 Å². The van der Waals surface area contributed by atoms with E-state index in [0.717, 1.165) is 0 Å². The predicted octanol–water partition coefficient (Wildman–Crippen LogP) is 1.69. The molecule has 6 nitrogen and oxygen atoms in total. The molecule has 1 aromatic carbocycles. The first-order valence-electron chi connectivity index (χ1n) is 5.89. The van der Waals surface area contributed by atoms with Gasteiger partial charge in [-0.1, -0.05) is 5.16 Å². The molecule has 6 heteroatoms. The van der Waals surface area contributed by atoms with Crippen LogP contribution in [0, 0.1) is 0 Å². The number of nitrogens with two attached hydrogens (primary N) is 1. The third-order valence-electron chi connectivity index (χ3n) is 2.95. The van der Waals surface area contributed by atoms with Gasteiger partial charge >= 0.3 is 0 Å². The molecular weight excluding hydrogens is 246 g/mol. The van der Waals surface area contributed by atoms with E-state index in [9.17, 15) is 5.11 Å². The summed E-state index contributed by atoms with van der Waals surface area (Å²) >= 11 is 0. The number of phenolic OH excluding ortho intramolecular Hbond substituents is 1. The molecule has 1 aromatic heterocycles. The van der Waals surface area contributed by atoms with Crippen molar-refractivity contribution in [3.8, 4) is 22.9 Å². The summed E-state index contributed by atoms with van der Waals surface area (Å²) in [5.74, 6) is 1.35. The molecule has 19 heavy (non-hydrogen) atoms. The molecule has 0 aliphatic carbocycles. The minimum absolute atomic E-state index is 0.0669. The number of benzene rings is 1. The van der Waals surface area contributed by atoms with Gasteiger partial charge in [0.05, 0.1) is 12.5 Å². The maximum absolute atomic E-state index is 9.55. The van der Waals surface area contributed by atoms with Crippen molar-refractivity contribution in [2.24, 2.45) is 5.73 Å². The van der Waals surface area contributed by atoms with E-state index in [1.54, 1.807) is 12.1 Å². The Morgan fingerprint density at radius 3 is 2.79 bits per heavy atom. The number of aromatic hydroxyl groups is 1. The molecule has 1 heterocycles. The molecule has 2 rings (SSSR count). The Balaban J connectivity index is 2.38. The zero-order valence-electron chi connectivity index (χ0n) is 11.2. The van der Waals surface area contributed by atoms with Gasteiger partial charge in [-0.3, -0.25) is 0 Å². The van der Waals surface area contributed by atoms with Crippen LogP contribution in [-0.4, -0.2) is 28.9 Å².